The van der Waals surface area contributed by atoms with Gasteiger partial charge in [-0.05, 0) is 51.0 Å². The number of hydrogen-bond acceptors (Lipinski definition) is 3. The number of rotatable bonds is 7. The van der Waals surface area contributed by atoms with Gasteiger partial charge in [0.15, 0.2) is 0 Å². The largest absolute Gasteiger partial charge is 0.378 e. The van der Waals surface area contributed by atoms with Gasteiger partial charge in [0.1, 0.15) is 0 Å². The van der Waals surface area contributed by atoms with Crippen LogP contribution < -0.4 is 5.73 Å². The van der Waals surface area contributed by atoms with Crippen molar-refractivity contribution in [2.24, 2.45) is 17.6 Å². The van der Waals surface area contributed by atoms with E-state index in [1.807, 2.05) is 0 Å². The molecule has 134 valence electrons. The van der Waals surface area contributed by atoms with E-state index in [4.69, 9.17) is 10.5 Å². The van der Waals surface area contributed by atoms with Gasteiger partial charge in [0.25, 0.3) is 0 Å². The molecule has 2 N–H and O–H groups in total. The quantitative estimate of drug-likeness (QED) is 0.712. The molecule has 2 fully saturated rings. The molecule has 1 unspecified atom stereocenters. The van der Waals surface area contributed by atoms with Crippen LogP contribution in [0.1, 0.15) is 74.1 Å². The summed E-state index contributed by atoms with van der Waals surface area (Å²) >= 11 is 0. The minimum atomic E-state index is 0. The predicted octanol–water partition coefficient (Wildman–Crippen LogP) is 4.30. The Morgan fingerprint density at radius 3 is 2.14 bits per heavy atom. The molecule has 1 atom stereocenters. The molecular weight excluding hydrogens is 272 g/mol. The van der Waals surface area contributed by atoms with E-state index in [2.05, 4.69) is 32.6 Å². The van der Waals surface area contributed by atoms with Gasteiger partial charge in [0.2, 0.25) is 0 Å². The molecule has 3 heteroatoms. The SMILES string of the molecule is CC(C)C1CCC1.CCC(C)N1CCC(OCCCN)CC1.[HH]. The smallest absolute Gasteiger partial charge is 0.0599 e. The lowest BCUT2D eigenvalue weighted by atomic mass is 9.78. The van der Waals surface area contributed by atoms with Gasteiger partial charge in [0, 0.05) is 27.2 Å². The molecule has 1 aliphatic carbocycles. The average molecular weight is 315 g/mol. The number of piperidine rings is 1. The number of ether oxygens (including phenoxy) is 1. The summed E-state index contributed by atoms with van der Waals surface area (Å²) in [6, 6.07) is 0.731. The fourth-order valence-corrected chi connectivity index (χ4v) is 3.18. The van der Waals surface area contributed by atoms with E-state index in [0.29, 0.717) is 6.10 Å². The van der Waals surface area contributed by atoms with Crippen molar-refractivity contribution in [3.05, 3.63) is 0 Å². The zero-order chi connectivity index (χ0) is 16.4. The average Bonchev–Trinajstić information content (AvgIpc) is 2.46. The number of hydrogen-bond donors (Lipinski definition) is 1. The molecule has 2 rings (SSSR count). The Hall–Kier alpha value is -0.120. The highest BCUT2D eigenvalue weighted by Gasteiger charge is 2.22. The molecule has 22 heavy (non-hydrogen) atoms. The second-order valence-corrected chi connectivity index (χ2v) is 7.44. The maximum atomic E-state index is 5.78. The number of nitrogens with zero attached hydrogens (tertiary/aromatic N) is 1. The Bertz CT molecular complexity index is 264. The van der Waals surface area contributed by atoms with E-state index in [0.717, 1.165) is 37.5 Å². The summed E-state index contributed by atoms with van der Waals surface area (Å²) in [5, 5.41) is 0. The molecular formula is C19H42N2O. The molecule has 0 bridgehead atoms. The molecule has 3 nitrogen and oxygen atoms in total. The number of likely N-dealkylation sites (tertiary alicyclic amines) is 1. The fourth-order valence-electron chi connectivity index (χ4n) is 3.18. The zero-order valence-corrected chi connectivity index (χ0v) is 15.5. The van der Waals surface area contributed by atoms with Crippen molar-refractivity contribution in [2.75, 3.05) is 26.2 Å². The summed E-state index contributed by atoms with van der Waals surface area (Å²) in [5.74, 6) is 2.04. The molecule has 1 aliphatic heterocycles. The summed E-state index contributed by atoms with van der Waals surface area (Å²) in [7, 11) is 0. The standard InChI is InChI=1S/C12H26N2O.C7H14.H2/c1-3-11(2)14-8-5-12(6-9-14)15-10-4-7-13;1-6(2)7-4-3-5-7;/h11-12H,3-10,13H2,1-2H3;6-7H,3-5H2,1-2H3;1H. The number of nitrogens with two attached hydrogens (primary N) is 1. The maximum absolute atomic E-state index is 5.78. The molecule has 0 radical (unpaired) electrons. The third kappa shape index (κ3) is 7.43. The second-order valence-electron chi connectivity index (χ2n) is 7.44. The molecule has 0 amide bonds. The van der Waals surface area contributed by atoms with E-state index >= 15 is 0 Å². The molecule has 0 aromatic rings. The molecule has 1 saturated carbocycles. The van der Waals surface area contributed by atoms with Crippen molar-refractivity contribution in [3.8, 4) is 0 Å². The molecule has 0 aromatic carbocycles. The van der Waals surface area contributed by atoms with Crippen LogP contribution in [0.3, 0.4) is 0 Å². The van der Waals surface area contributed by atoms with Crippen molar-refractivity contribution in [2.45, 2.75) is 84.8 Å². The Kier molecular flexibility index (Phi) is 10.3. The summed E-state index contributed by atoms with van der Waals surface area (Å²) in [6.45, 7) is 13.2. The second kappa shape index (κ2) is 11.4. The van der Waals surface area contributed by atoms with Crippen LogP contribution in [0.5, 0.6) is 0 Å². The summed E-state index contributed by atoms with van der Waals surface area (Å²) in [4.78, 5) is 2.57. The lowest BCUT2D eigenvalue weighted by molar-refractivity contribution is -0.000779. The third-order valence-electron chi connectivity index (χ3n) is 5.49. The Labute approximate surface area is 140 Å². The minimum absolute atomic E-state index is 0. The van der Waals surface area contributed by atoms with Crippen molar-refractivity contribution < 1.29 is 6.16 Å². The highest BCUT2D eigenvalue weighted by atomic mass is 16.5. The van der Waals surface area contributed by atoms with Crippen LogP contribution in [0.4, 0.5) is 0 Å². The van der Waals surface area contributed by atoms with Crippen LogP contribution in [-0.2, 0) is 4.74 Å². The van der Waals surface area contributed by atoms with E-state index in [1.54, 1.807) is 0 Å². The fraction of sp³-hybridized carbons (Fsp3) is 1.00. The highest BCUT2D eigenvalue weighted by molar-refractivity contribution is 4.76. The van der Waals surface area contributed by atoms with E-state index in [1.165, 1.54) is 51.6 Å². The molecule has 0 aromatic heterocycles. The van der Waals surface area contributed by atoms with E-state index in [-0.39, 0.29) is 1.43 Å². The maximum Gasteiger partial charge on any atom is 0.0599 e. The van der Waals surface area contributed by atoms with Gasteiger partial charge >= 0.3 is 0 Å². The van der Waals surface area contributed by atoms with Crippen molar-refractivity contribution in [3.63, 3.8) is 0 Å². The summed E-state index contributed by atoms with van der Waals surface area (Å²) < 4.78 is 5.78. The first-order valence-corrected chi connectivity index (χ1v) is 9.64. The highest BCUT2D eigenvalue weighted by Crippen LogP contribution is 2.32. The summed E-state index contributed by atoms with van der Waals surface area (Å²) in [6.07, 6.45) is 9.59. The van der Waals surface area contributed by atoms with Gasteiger partial charge in [-0.2, -0.15) is 0 Å². The topological polar surface area (TPSA) is 38.5 Å². The van der Waals surface area contributed by atoms with E-state index < -0.39 is 0 Å². The Morgan fingerprint density at radius 2 is 1.77 bits per heavy atom. The normalized spacial score (nSPS) is 22.1. The third-order valence-corrected chi connectivity index (χ3v) is 5.49. The Balaban J connectivity index is 0.000000509. The van der Waals surface area contributed by atoms with Crippen molar-refractivity contribution >= 4 is 0 Å². The monoisotopic (exact) mass is 314 g/mol. The van der Waals surface area contributed by atoms with Crippen LogP contribution in [0.15, 0.2) is 0 Å². The zero-order valence-electron chi connectivity index (χ0n) is 15.5. The van der Waals surface area contributed by atoms with Gasteiger partial charge in [-0.15, -0.1) is 0 Å². The van der Waals surface area contributed by atoms with Crippen LogP contribution >= 0.6 is 0 Å². The molecule has 1 saturated heterocycles. The van der Waals surface area contributed by atoms with Crippen LogP contribution in [-0.4, -0.2) is 43.3 Å². The molecule has 0 spiro atoms. The van der Waals surface area contributed by atoms with Gasteiger partial charge < -0.3 is 15.4 Å². The van der Waals surface area contributed by atoms with Gasteiger partial charge in [-0.3, -0.25) is 0 Å². The minimum Gasteiger partial charge on any atom is -0.378 e. The van der Waals surface area contributed by atoms with Crippen LogP contribution in [0, 0.1) is 11.8 Å². The van der Waals surface area contributed by atoms with E-state index in [9.17, 15) is 0 Å². The first kappa shape index (κ1) is 19.9. The van der Waals surface area contributed by atoms with Gasteiger partial charge in [-0.1, -0.05) is 40.0 Å². The van der Waals surface area contributed by atoms with Crippen molar-refractivity contribution in [1.29, 1.82) is 0 Å². The lowest BCUT2D eigenvalue weighted by Crippen LogP contribution is -2.42. The Morgan fingerprint density at radius 1 is 1.14 bits per heavy atom. The molecule has 2 aliphatic rings. The van der Waals surface area contributed by atoms with Gasteiger partial charge in [0.05, 0.1) is 6.10 Å². The predicted molar refractivity (Wildman–Crippen MR) is 98.3 cm³/mol. The lowest BCUT2D eigenvalue weighted by Gasteiger charge is -2.35. The van der Waals surface area contributed by atoms with Gasteiger partial charge in [-0.25, -0.2) is 0 Å². The van der Waals surface area contributed by atoms with Crippen LogP contribution in [0.2, 0.25) is 0 Å². The first-order chi connectivity index (χ1) is 10.6. The van der Waals surface area contributed by atoms with Crippen LogP contribution in [0.25, 0.3) is 0 Å². The van der Waals surface area contributed by atoms with Crippen molar-refractivity contribution in [1.82, 2.24) is 4.90 Å². The molecule has 1 heterocycles. The summed E-state index contributed by atoms with van der Waals surface area (Å²) in [5.41, 5.74) is 5.44. The first-order valence-electron chi connectivity index (χ1n) is 9.64.